The van der Waals surface area contributed by atoms with E-state index in [1.54, 1.807) is 0 Å². The summed E-state index contributed by atoms with van der Waals surface area (Å²) in [5.74, 6) is 2.45. The molecule has 4 heteroatoms. The Bertz CT molecular complexity index is 610. The summed E-state index contributed by atoms with van der Waals surface area (Å²) in [7, 11) is 0. The number of hydrogen-bond donors (Lipinski definition) is 4. The highest BCUT2D eigenvalue weighted by molar-refractivity contribution is 5.15. The number of hydrogen-bond acceptors (Lipinski definition) is 4. The van der Waals surface area contributed by atoms with Gasteiger partial charge in [0.25, 0.3) is 0 Å². The summed E-state index contributed by atoms with van der Waals surface area (Å²) in [5.41, 5.74) is 0.0945. The van der Waals surface area contributed by atoms with Crippen molar-refractivity contribution < 1.29 is 20.4 Å². The first-order valence-corrected chi connectivity index (χ1v) is 12.8. The molecule has 0 spiro atoms. The van der Waals surface area contributed by atoms with E-state index in [0.717, 1.165) is 51.4 Å². The van der Waals surface area contributed by atoms with Crippen LogP contribution in [-0.4, -0.2) is 45.3 Å². The van der Waals surface area contributed by atoms with E-state index >= 15 is 0 Å². The number of aliphatic hydroxyl groups excluding tert-OH is 4. The molecule has 30 heavy (non-hydrogen) atoms. The Morgan fingerprint density at radius 2 is 1.73 bits per heavy atom. The molecule has 4 N–H and O–H groups in total. The lowest BCUT2D eigenvalue weighted by Crippen LogP contribution is -2.65. The van der Waals surface area contributed by atoms with Crippen LogP contribution in [0.3, 0.4) is 0 Å². The molecule has 0 aromatic rings. The van der Waals surface area contributed by atoms with Crippen molar-refractivity contribution in [2.24, 2.45) is 52.3 Å². The van der Waals surface area contributed by atoms with Crippen LogP contribution in [0, 0.1) is 52.3 Å². The zero-order chi connectivity index (χ0) is 21.8. The van der Waals surface area contributed by atoms with E-state index in [1.165, 1.54) is 6.42 Å². The molecule has 174 valence electrons. The molecule has 0 aromatic carbocycles. The molecular formula is C26H46O4. The van der Waals surface area contributed by atoms with Crippen LogP contribution in [0.1, 0.15) is 85.5 Å². The minimum Gasteiger partial charge on any atom is -0.396 e. The molecule has 4 aliphatic rings. The molecular weight excluding hydrogens is 376 g/mol. The average Bonchev–Trinajstić information content (AvgIpc) is 3.04. The Balaban J connectivity index is 1.68. The molecule has 4 nitrogen and oxygen atoms in total. The number of rotatable bonds is 5. The maximum atomic E-state index is 11.7. The van der Waals surface area contributed by atoms with Crippen molar-refractivity contribution in [1.82, 2.24) is 0 Å². The topological polar surface area (TPSA) is 80.9 Å². The smallest absolute Gasteiger partial charge is 0.0605 e. The van der Waals surface area contributed by atoms with E-state index in [0.29, 0.717) is 23.7 Å². The fourth-order valence-corrected chi connectivity index (χ4v) is 9.66. The van der Waals surface area contributed by atoms with Crippen LogP contribution in [0.25, 0.3) is 0 Å². The Morgan fingerprint density at radius 1 is 1.00 bits per heavy atom. The van der Waals surface area contributed by atoms with Crippen LogP contribution in [0.5, 0.6) is 0 Å². The summed E-state index contributed by atoms with van der Waals surface area (Å²) < 4.78 is 0. The van der Waals surface area contributed by atoms with Gasteiger partial charge in [-0.05, 0) is 104 Å². The maximum absolute atomic E-state index is 11.7. The van der Waals surface area contributed by atoms with Crippen LogP contribution in [-0.2, 0) is 0 Å². The molecule has 4 saturated carbocycles. The fraction of sp³-hybridized carbons (Fsp3) is 1.00. The van der Waals surface area contributed by atoms with Crippen molar-refractivity contribution in [1.29, 1.82) is 0 Å². The molecule has 0 bridgehead atoms. The van der Waals surface area contributed by atoms with Crippen LogP contribution >= 0.6 is 0 Å². The van der Waals surface area contributed by atoms with E-state index in [4.69, 9.17) is 0 Å². The molecule has 12 atom stereocenters. The minimum atomic E-state index is -0.367. The Hall–Kier alpha value is -0.160. The summed E-state index contributed by atoms with van der Waals surface area (Å²) in [6, 6.07) is 0. The van der Waals surface area contributed by atoms with E-state index in [-0.39, 0.29) is 53.5 Å². The third kappa shape index (κ3) is 3.31. The predicted octanol–water partition coefficient (Wildman–Crippen LogP) is 3.99. The molecule has 0 aliphatic heterocycles. The van der Waals surface area contributed by atoms with Gasteiger partial charge in [-0.3, -0.25) is 0 Å². The van der Waals surface area contributed by atoms with E-state index in [2.05, 4.69) is 27.7 Å². The second-order valence-electron chi connectivity index (χ2n) is 12.1. The summed E-state index contributed by atoms with van der Waals surface area (Å²) >= 11 is 0. The van der Waals surface area contributed by atoms with Crippen molar-refractivity contribution in [2.75, 3.05) is 6.61 Å². The van der Waals surface area contributed by atoms with Gasteiger partial charge in [0.2, 0.25) is 0 Å². The van der Waals surface area contributed by atoms with Crippen molar-refractivity contribution in [3.63, 3.8) is 0 Å². The molecule has 0 amide bonds. The minimum absolute atomic E-state index is 0.0190. The summed E-state index contributed by atoms with van der Waals surface area (Å²) in [4.78, 5) is 0. The van der Waals surface area contributed by atoms with E-state index < -0.39 is 0 Å². The Labute approximate surface area is 183 Å². The van der Waals surface area contributed by atoms with Crippen LogP contribution in [0.4, 0.5) is 0 Å². The van der Waals surface area contributed by atoms with Gasteiger partial charge in [0.15, 0.2) is 0 Å². The second-order valence-corrected chi connectivity index (χ2v) is 12.1. The molecule has 3 unspecified atom stereocenters. The van der Waals surface area contributed by atoms with Gasteiger partial charge in [-0.2, -0.15) is 0 Å². The molecule has 4 fully saturated rings. The van der Waals surface area contributed by atoms with Gasteiger partial charge in [0.05, 0.1) is 18.3 Å². The normalized spacial score (nSPS) is 54.2. The van der Waals surface area contributed by atoms with Crippen molar-refractivity contribution >= 4 is 0 Å². The SMILES string of the molecule is CC[C@H]1[C@@H](O)C2C3CC[C@H]([C@H](C)CCCO)[C@@]3(C)C[C@H](O)C2[C@@]2(C)CC[C@@H](O)C[C@@H]12. The fourth-order valence-electron chi connectivity index (χ4n) is 9.66. The molecule has 4 rings (SSSR count). The lowest BCUT2D eigenvalue weighted by Gasteiger charge is -2.66. The van der Waals surface area contributed by atoms with Gasteiger partial charge in [0, 0.05) is 6.61 Å². The van der Waals surface area contributed by atoms with Crippen molar-refractivity contribution in [3.05, 3.63) is 0 Å². The van der Waals surface area contributed by atoms with Gasteiger partial charge in [0.1, 0.15) is 0 Å². The number of fused-ring (bicyclic) bond motifs is 5. The molecule has 0 radical (unpaired) electrons. The largest absolute Gasteiger partial charge is 0.396 e. The van der Waals surface area contributed by atoms with Gasteiger partial charge in [-0.15, -0.1) is 0 Å². The predicted molar refractivity (Wildman–Crippen MR) is 119 cm³/mol. The van der Waals surface area contributed by atoms with Gasteiger partial charge >= 0.3 is 0 Å². The maximum Gasteiger partial charge on any atom is 0.0605 e. The molecule has 0 aromatic heterocycles. The Kier molecular flexibility index (Phi) is 6.38. The Morgan fingerprint density at radius 3 is 2.40 bits per heavy atom. The first-order chi connectivity index (χ1) is 14.2. The van der Waals surface area contributed by atoms with E-state index in [9.17, 15) is 20.4 Å². The monoisotopic (exact) mass is 422 g/mol. The average molecular weight is 423 g/mol. The zero-order valence-corrected chi connectivity index (χ0v) is 19.6. The molecule has 0 saturated heterocycles. The van der Waals surface area contributed by atoms with Gasteiger partial charge in [-0.25, -0.2) is 0 Å². The highest BCUT2D eigenvalue weighted by Crippen LogP contribution is 2.69. The second kappa shape index (κ2) is 8.32. The first-order valence-electron chi connectivity index (χ1n) is 12.8. The van der Waals surface area contributed by atoms with E-state index in [1.807, 2.05) is 0 Å². The van der Waals surface area contributed by atoms with Crippen LogP contribution in [0.15, 0.2) is 0 Å². The molecule has 4 aliphatic carbocycles. The lowest BCUT2D eigenvalue weighted by molar-refractivity contribution is -0.235. The van der Waals surface area contributed by atoms with Crippen molar-refractivity contribution in [2.45, 2.75) is 104 Å². The third-order valence-corrected chi connectivity index (χ3v) is 10.9. The quantitative estimate of drug-likeness (QED) is 0.540. The third-order valence-electron chi connectivity index (χ3n) is 10.9. The highest BCUT2D eigenvalue weighted by Gasteiger charge is 2.67. The zero-order valence-electron chi connectivity index (χ0n) is 19.6. The van der Waals surface area contributed by atoms with Crippen LogP contribution in [0.2, 0.25) is 0 Å². The lowest BCUT2D eigenvalue weighted by atomic mass is 9.40. The highest BCUT2D eigenvalue weighted by atomic mass is 16.3. The van der Waals surface area contributed by atoms with Crippen LogP contribution < -0.4 is 0 Å². The summed E-state index contributed by atoms with van der Waals surface area (Å²) in [6.45, 7) is 9.56. The van der Waals surface area contributed by atoms with Gasteiger partial charge < -0.3 is 20.4 Å². The first kappa shape index (κ1) is 23.0. The number of aliphatic hydroxyl groups is 4. The standard InChI is InChI=1S/C26H46O4/c1-5-17-20-13-16(28)10-11-25(20,3)23-21(29)14-26(4)18(15(2)7-6-12-27)8-9-19(26)22(23)24(17)30/h15-24,27-30H,5-14H2,1-4H3/t15-,16-,17-,18-,19?,20+,21+,22?,23?,24-,25+,26-/m1/s1. The summed E-state index contributed by atoms with van der Waals surface area (Å²) in [6.07, 6.45) is 7.65. The summed E-state index contributed by atoms with van der Waals surface area (Å²) in [5, 5.41) is 43.1. The molecule has 0 heterocycles. The van der Waals surface area contributed by atoms with Crippen molar-refractivity contribution in [3.8, 4) is 0 Å². The van der Waals surface area contributed by atoms with Gasteiger partial charge in [-0.1, -0.05) is 34.1 Å².